The summed E-state index contributed by atoms with van der Waals surface area (Å²) in [5.41, 5.74) is 2.98. The van der Waals surface area contributed by atoms with Gasteiger partial charge in [0.15, 0.2) is 0 Å². The summed E-state index contributed by atoms with van der Waals surface area (Å²) in [7, 11) is 4.10. The molecule has 0 fully saturated rings. The zero-order chi connectivity index (χ0) is 31.2. The van der Waals surface area contributed by atoms with Gasteiger partial charge in [-0.15, -0.1) is 0 Å². The maximum absolute atomic E-state index is 11.8. The molecule has 2 aliphatic carbocycles. The van der Waals surface area contributed by atoms with Crippen LogP contribution in [-0.2, 0) is 19.1 Å². The fourth-order valence-corrected chi connectivity index (χ4v) is 7.82. The molecule has 0 heterocycles. The van der Waals surface area contributed by atoms with Crippen LogP contribution < -0.4 is 0 Å². The summed E-state index contributed by atoms with van der Waals surface area (Å²) in [5, 5.41) is 0. The SMILES string of the molecule is O=C(CCCCC1=CC=CC1)OCCCCCCCCCSSCCCCCCCCCOC(=O)CCCCC1=CC=CC1. The van der Waals surface area contributed by atoms with Gasteiger partial charge in [-0.05, 0) is 77.0 Å². The monoisotopic (exact) mass is 646 g/mol. The van der Waals surface area contributed by atoms with Crippen molar-refractivity contribution < 1.29 is 19.1 Å². The van der Waals surface area contributed by atoms with Crippen molar-refractivity contribution in [1.29, 1.82) is 0 Å². The van der Waals surface area contributed by atoms with E-state index in [9.17, 15) is 9.59 Å². The zero-order valence-electron chi connectivity index (χ0n) is 27.7. The number of carbonyl (C=O) groups excluding carboxylic acids is 2. The van der Waals surface area contributed by atoms with E-state index in [2.05, 4.69) is 58.0 Å². The van der Waals surface area contributed by atoms with E-state index in [0.717, 1.165) is 64.2 Å². The summed E-state index contributed by atoms with van der Waals surface area (Å²) >= 11 is 0. The summed E-state index contributed by atoms with van der Waals surface area (Å²) in [6.45, 7) is 1.19. The van der Waals surface area contributed by atoms with Gasteiger partial charge in [0.1, 0.15) is 0 Å². The maximum Gasteiger partial charge on any atom is 0.305 e. The summed E-state index contributed by atoms with van der Waals surface area (Å²) in [6.07, 6.45) is 40.1. The Morgan fingerprint density at radius 3 is 1.27 bits per heavy atom. The highest BCUT2D eigenvalue weighted by Crippen LogP contribution is 2.25. The molecule has 0 aromatic carbocycles. The lowest BCUT2D eigenvalue weighted by atomic mass is 10.1. The van der Waals surface area contributed by atoms with E-state index in [1.54, 1.807) is 0 Å². The van der Waals surface area contributed by atoms with Crippen molar-refractivity contribution in [1.82, 2.24) is 0 Å². The number of unbranched alkanes of at least 4 members (excludes halogenated alkanes) is 14. The third kappa shape index (κ3) is 23.9. The molecule has 0 spiro atoms. The molecule has 0 aromatic rings. The van der Waals surface area contributed by atoms with E-state index in [1.807, 2.05) is 0 Å². The largest absolute Gasteiger partial charge is 0.466 e. The van der Waals surface area contributed by atoms with Crippen molar-refractivity contribution in [3.05, 3.63) is 47.6 Å². The molecule has 6 heteroatoms. The van der Waals surface area contributed by atoms with Crippen LogP contribution in [0.2, 0.25) is 0 Å². The summed E-state index contributed by atoms with van der Waals surface area (Å²) in [6, 6.07) is 0. The van der Waals surface area contributed by atoms with Gasteiger partial charge < -0.3 is 9.47 Å². The van der Waals surface area contributed by atoms with Crippen LogP contribution in [0.1, 0.15) is 154 Å². The van der Waals surface area contributed by atoms with Crippen molar-refractivity contribution in [2.45, 2.75) is 154 Å². The molecule has 2 aliphatic rings. The molecule has 250 valence electrons. The average molecular weight is 647 g/mol. The lowest BCUT2D eigenvalue weighted by Crippen LogP contribution is -2.05. The number of hydrogen-bond donors (Lipinski definition) is 0. The Morgan fingerprint density at radius 2 is 0.886 bits per heavy atom. The van der Waals surface area contributed by atoms with E-state index >= 15 is 0 Å². The molecule has 0 bridgehead atoms. The Bertz CT molecular complexity index is 791. The molecule has 0 aliphatic heterocycles. The van der Waals surface area contributed by atoms with Crippen LogP contribution in [0.15, 0.2) is 47.6 Å². The highest BCUT2D eigenvalue weighted by molar-refractivity contribution is 8.76. The lowest BCUT2D eigenvalue weighted by molar-refractivity contribution is -0.144. The van der Waals surface area contributed by atoms with Crippen molar-refractivity contribution in [2.75, 3.05) is 24.7 Å². The molecule has 0 saturated heterocycles. The first-order valence-electron chi connectivity index (χ1n) is 18.0. The maximum atomic E-state index is 11.8. The van der Waals surface area contributed by atoms with Crippen LogP contribution in [0.25, 0.3) is 0 Å². The standard InChI is InChI=1S/C38H62O4S2/c39-37(29-17-15-27-35-23-11-12-24-35)41-31-19-7-3-1-5-9-21-33-43-44-34-22-10-6-2-4-8-20-32-42-38(40)30-18-16-28-36-25-13-14-26-36/h11-14,23,25H,1-10,15-22,24,26-34H2. The van der Waals surface area contributed by atoms with Crippen molar-refractivity contribution in [3.63, 3.8) is 0 Å². The minimum absolute atomic E-state index is 0.0193. The number of ether oxygens (including phenoxy) is 2. The summed E-state index contributed by atoms with van der Waals surface area (Å²) in [5.74, 6) is 2.51. The Balaban J connectivity index is 1.17. The van der Waals surface area contributed by atoms with Gasteiger partial charge in [0.25, 0.3) is 0 Å². The lowest BCUT2D eigenvalue weighted by Gasteiger charge is -2.06. The molecule has 44 heavy (non-hydrogen) atoms. The molecule has 2 rings (SSSR count). The number of rotatable bonds is 31. The fraction of sp³-hybridized carbons (Fsp3) is 0.737. The molecule has 0 amide bonds. The number of hydrogen-bond acceptors (Lipinski definition) is 6. The normalized spacial score (nSPS) is 13.8. The smallest absolute Gasteiger partial charge is 0.305 e. The minimum Gasteiger partial charge on any atom is -0.466 e. The van der Waals surface area contributed by atoms with Gasteiger partial charge in [0.05, 0.1) is 13.2 Å². The second-order valence-corrected chi connectivity index (χ2v) is 15.1. The average Bonchev–Trinajstić information content (AvgIpc) is 3.75. The molecule has 4 nitrogen and oxygen atoms in total. The second-order valence-electron chi connectivity index (χ2n) is 12.4. The van der Waals surface area contributed by atoms with Gasteiger partial charge in [-0.2, -0.15) is 0 Å². The molecule has 0 aromatic heterocycles. The van der Waals surface area contributed by atoms with Gasteiger partial charge in [0.2, 0.25) is 0 Å². The summed E-state index contributed by atoms with van der Waals surface area (Å²) in [4.78, 5) is 23.7. The van der Waals surface area contributed by atoms with Crippen LogP contribution >= 0.6 is 21.6 Å². The number of allylic oxidation sites excluding steroid dienone is 8. The van der Waals surface area contributed by atoms with Crippen LogP contribution in [0.5, 0.6) is 0 Å². The number of esters is 2. The molecular weight excluding hydrogens is 585 g/mol. The fourth-order valence-electron chi connectivity index (χ4n) is 5.52. The van der Waals surface area contributed by atoms with Crippen LogP contribution in [-0.4, -0.2) is 36.7 Å². The Morgan fingerprint density at radius 1 is 0.500 bits per heavy atom. The van der Waals surface area contributed by atoms with Crippen LogP contribution in [0.4, 0.5) is 0 Å². The van der Waals surface area contributed by atoms with Crippen LogP contribution in [0, 0.1) is 0 Å². The highest BCUT2D eigenvalue weighted by Gasteiger charge is 2.06. The van der Waals surface area contributed by atoms with E-state index in [0.29, 0.717) is 26.1 Å². The second kappa shape index (κ2) is 29.0. The Hall–Kier alpha value is -1.40. The zero-order valence-corrected chi connectivity index (χ0v) is 29.3. The van der Waals surface area contributed by atoms with Crippen molar-refractivity contribution in [2.24, 2.45) is 0 Å². The van der Waals surface area contributed by atoms with Crippen LogP contribution in [0.3, 0.4) is 0 Å². The van der Waals surface area contributed by atoms with Gasteiger partial charge in [-0.1, -0.05) is 133 Å². The first-order valence-corrected chi connectivity index (χ1v) is 20.5. The minimum atomic E-state index is -0.0193. The first-order chi connectivity index (χ1) is 21.7. The van der Waals surface area contributed by atoms with Gasteiger partial charge in [0, 0.05) is 24.3 Å². The van der Waals surface area contributed by atoms with E-state index in [-0.39, 0.29) is 11.9 Å². The predicted molar refractivity (Wildman–Crippen MR) is 192 cm³/mol. The van der Waals surface area contributed by atoms with E-state index in [4.69, 9.17) is 9.47 Å². The van der Waals surface area contributed by atoms with Gasteiger partial charge >= 0.3 is 11.9 Å². The molecular formula is C38H62O4S2. The number of carbonyl (C=O) groups is 2. The first kappa shape index (κ1) is 38.8. The Kier molecular flexibility index (Phi) is 25.6. The molecule has 0 unspecified atom stereocenters. The third-order valence-electron chi connectivity index (χ3n) is 8.31. The highest BCUT2D eigenvalue weighted by atomic mass is 33.1. The molecule has 0 saturated carbocycles. The van der Waals surface area contributed by atoms with Crippen molar-refractivity contribution in [3.8, 4) is 0 Å². The van der Waals surface area contributed by atoms with Crippen molar-refractivity contribution >= 4 is 33.5 Å². The van der Waals surface area contributed by atoms with E-state index < -0.39 is 0 Å². The molecule has 0 N–H and O–H groups in total. The van der Waals surface area contributed by atoms with Gasteiger partial charge in [-0.25, -0.2) is 0 Å². The van der Waals surface area contributed by atoms with Gasteiger partial charge in [-0.3, -0.25) is 9.59 Å². The Labute approximate surface area is 278 Å². The third-order valence-corrected chi connectivity index (χ3v) is 10.9. The molecule has 0 radical (unpaired) electrons. The summed E-state index contributed by atoms with van der Waals surface area (Å²) < 4.78 is 10.8. The topological polar surface area (TPSA) is 52.6 Å². The molecule has 0 atom stereocenters. The van der Waals surface area contributed by atoms with E-state index in [1.165, 1.54) is 99.7 Å². The predicted octanol–water partition coefficient (Wildman–Crippen LogP) is 11.8. The quantitative estimate of drug-likeness (QED) is 0.0424.